The van der Waals surface area contributed by atoms with E-state index < -0.39 is 0 Å². The molecular weight excluding hydrogens is 304 g/mol. The third-order valence-corrected chi connectivity index (χ3v) is 4.30. The van der Waals surface area contributed by atoms with Crippen molar-refractivity contribution in [3.05, 3.63) is 59.7 Å². The second kappa shape index (κ2) is 6.74. The van der Waals surface area contributed by atoms with Crippen LogP contribution in [0.2, 0.25) is 0 Å². The molecule has 1 atom stereocenters. The normalized spacial score (nSPS) is 17.1. The Hall–Kier alpha value is -2.82. The van der Waals surface area contributed by atoms with Gasteiger partial charge in [0.05, 0.1) is 13.0 Å². The maximum absolute atomic E-state index is 12.1. The predicted octanol–water partition coefficient (Wildman–Crippen LogP) is 2.39. The summed E-state index contributed by atoms with van der Waals surface area (Å²) in [7, 11) is 1.35. The first kappa shape index (κ1) is 16.1. The van der Waals surface area contributed by atoms with Gasteiger partial charge in [0.1, 0.15) is 0 Å². The largest absolute Gasteiger partial charge is 0.469 e. The number of hydrogen-bond donors (Lipinski definition) is 1. The smallest absolute Gasteiger partial charge is 0.311 e. The van der Waals surface area contributed by atoms with Gasteiger partial charge in [-0.15, -0.1) is 0 Å². The van der Waals surface area contributed by atoms with Gasteiger partial charge in [0.15, 0.2) is 0 Å². The van der Waals surface area contributed by atoms with E-state index in [0.29, 0.717) is 6.54 Å². The SMILES string of the molecule is COC(=O)C1CC(=O)N(c2ccc(Cc3ccc(N)cc3)cc2)C1. The topological polar surface area (TPSA) is 72.6 Å². The Balaban J connectivity index is 1.69. The third kappa shape index (κ3) is 3.40. The average Bonchev–Trinajstić information content (AvgIpc) is 2.99. The van der Waals surface area contributed by atoms with E-state index in [1.807, 2.05) is 48.5 Å². The van der Waals surface area contributed by atoms with Gasteiger partial charge in [-0.05, 0) is 41.8 Å². The highest BCUT2D eigenvalue weighted by Crippen LogP contribution is 2.26. The number of hydrogen-bond acceptors (Lipinski definition) is 4. The van der Waals surface area contributed by atoms with Crippen LogP contribution in [0.4, 0.5) is 11.4 Å². The van der Waals surface area contributed by atoms with Gasteiger partial charge in [0.25, 0.3) is 0 Å². The van der Waals surface area contributed by atoms with E-state index in [4.69, 9.17) is 10.5 Å². The maximum Gasteiger partial charge on any atom is 0.311 e. The lowest BCUT2D eigenvalue weighted by Crippen LogP contribution is -2.26. The minimum Gasteiger partial charge on any atom is -0.469 e. The van der Waals surface area contributed by atoms with Crippen LogP contribution in [0.3, 0.4) is 0 Å². The summed E-state index contributed by atoms with van der Waals surface area (Å²) in [5, 5.41) is 0. The lowest BCUT2D eigenvalue weighted by molar-refractivity contribution is -0.145. The molecule has 3 rings (SSSR count). The molecule has 2 N–H and O–H groups in total. The number of carbonyl (C=O) groups is 2. The van der Waals surface area contributed by atoms with Crippen LogP contribution in [-0.2, 0) is 20.7 Å². The van der Waals surface area contributed by atoms with Gasteiger partial charge in [0, 0.05) is 24.3 Å². The van der Waals surface area contributed by atoms with Gasteiger partial charge < -0.3 is 15.4 Å². The van der Waals surface area contributed by atoms with E-state index in [-0.39, 0.29) is 24.2 Å². The minimum atomic E-state index is -0.378. The molecule has 0 radical (unpaired) electrons. The van der Waals surface area contributed by atoms with Gasteiger partial charge in [-0.3, -0.25) is 9.59 Å². The lowest BCUT2D eigenvalue weighted by Gasteiger charge is -2.17. The van der Waals surface area contributed by atoms with Crippen molar-refractivity contribution in [1.82, 2.24) is 0 Å². The van der Waals surface area contributed by atoms with E-state index in [9.17, 15) is 9.59 Å². The molecular formula is C19H20N2O3. The first-order chi connectivity index (χ1) is 11.6. The summed E-state index contributed by atoms with van der Waals surface area (Å²) in [5.41, 5.74) is 9.59. The second-order valence-electron chi connectivity index (χ2n) is 6.01. The summed E-state index contributed by atoms with van der Waals surface area (Å²) in [6, 6.07) is 15.6. The third-order valence-electron chi connectivity index (χ3n) is 4.30. The van der Waals surface area contributed by atoms with Crippen molar-refractivity contribution in [2.45, 2.75) is 12.8 Å². The molecule has 2 aromatic carbocycles. The zero-order valence-electron chi connectivity index (χ0n) is 13.6. The molecule has 2 aromatic rings. The first-order valence-electron chi connectivity index (χ1n) is 7.88. The molecule has 0 aliphatic carbocycles. The monoisotopic (exact) mass is 324 g/mol. The zero-order chi connectivity index (χ0) is 17.1. The number of carbonyl (C=O) groups excluding carboxylic acids is 2. The number of benzene rings is 2. The van der Waals surface area contributed by atoms with Crippen LogP contribution < -0.4 is 10.6 Å². The summed E-state index contributed by atoms with van der Waals surface area (Å²) in [4.78, 5) is 25.4. The number of rotatable bonds is 4. The summed E-state index contributed by atoms with van der Waals surface area (Å²) in [5.74, 6) is -0.751. The molecule has 0 bridgehead atoms. The Morgan fingerprint density at radius 3 is 2.29 bits per heavy atom. The summed E-state index contributed by atoms with van der Waals surface area (Å²) >= 11 is 0. The molecule has 1 aliphatic heterocycles. The molecule has 1 fully saturated rings. The van der Waals surface area contributed by atoms with Crippen LogP contribution in [-0.4, -0.2) is 25.5 Å². The van der Waals surface area contributed by atoms with Crippen molar-refractivity contribution in [1.29, 1.82) is 0 Å². The zero-order valence-corrected chi connectivity index (χ0v) is 13.6. The molecule has 124 valence electrons. The van der Waals surface area contributed by atoms with Crippen LogP contribution in [0.1, 0.15) is 17.5 Å². The van der Waals surface area contributed by atoms with E-state index in [1.165, 1.54) is 12.7 Å². The molecule has 5 nitrogen and oxygen atoms in total. The molecule has 1 amide bonds. The van der Waals surface area contributed by atoms with Crippen molar-refractivity contribution in [3.8, 4) is 0 Å². The standard InChI is InChI=1S/C19H20N2O3/c1-24-19(23)15-11-18(22)21(12-15)17-8-4-14(5-9-17)10-13-2-6-16(20)7-3-13/h2-9,15H,10-12,20H2,1H3. The summed E-state index contributed by atoms with van der Waals surface area (Å²) < 4.78 is 4.73. The van der Waals surface area contributed by atoms with Gasteiger partial charge in [0.2, 0.25) is 5.91 Å². The number of nitrogens with zero attached hydrogens (tertiary/aromatic N) is 1. The number of nitrogens with two attached hydrogens (primary N) is 1. The molecule has 1 saturated heterocycles. The van der Waals surface area contributed by atoms with Crippen LogP contribution >= 0.6 is 0 Å². The van der Waals surface area contributed by atoms with E-state index >= 15 is 0 Å². The fourth-order valence-electron chi connectivity index (χ4n) is 2.95. The first-order valence-corrected chi connectivity index (χ1v) is 7.88. The summed E-state index contributed by atoms with van der Waals surface area (Å²) in [6.45, 7) is 0.378. The molecule has 0 spiro atoms. The molecule has 1 unspecified atom stereocenters. The van der Waals surface area contributed by atoms with Gasteiger partial charge in [-0.2, -0.15) is 0 Å². The van der Waals surface area contributed by atoms with Crippen LogP contribution in [0.5, 0.6) is 0 Å². The van der Waals surface area contributed by atoms with E-state index in [1.54, 1.807) is 4.90 Å². The maximum atomic E-state index is 12.1. The average molecular weight is 324 g/mol. The molecule has 0 aromatic heterocycles. The Bertz CT molecular complexity index is 738. The molecule has 5 heteroatoms. The van der Waals surface area contributed by atoms with Gasteiger partial charge in [-0.1, -0.05) is 24.3 Å². The molecule has 1 heterocycles. The Kier molecular flexibility index (Phi) is 4.51. The number of nitrogen functional groups attached to an aromatic ring is 1. The van der Waals surface area contributed by atoms with Crippen molar-refractivity contribution < 1.29 is 14.3 Å². The van der Waals surface area contributed by atoms with Gasteiger partial charge in [-0.25, -0.2) is 0 Å². The van der Waals surface area contributed by atoms with Crippen molar-refractivity contribution in [3.63, 3.8) is 0 Å². The number of amides is 1. The number of methoxy groups -OCH3 is 1. The number of ether oxygens (including phenoxy) is 1. The van der Waals surface area contributed by atoms with Crippen LogP contribution in [0, 0.1) is 5.92 Å². The molecule has 24 heavy (non-hydrogen) atoms. The van der Waals surface area contributed by atoms with Crippen molar-refractivity contribution >= 4 is 23.3 Å². The van der Waals surface area contributed by atoms with Crippen molar-refractivity contribution in [2.75, 3.05) is 24.3 Å². The Labute approximate surface area is 141 Å². The number of esters is 1. The van der Waals surface area contributed by atoms with Crippen LogP contribution in [0.25, 0.3) is 0 Å². The highest BCUT2D eigenvalue weighted by atomic mass is 16.5. The van der Waals surface area contributed by atoms with E-state index in [2.05, 4.69) is 0 Å². The quantitative estimate of drug-likeness (QED) is 0.692. The molecule has 0 saturated carbocycles. The predicted molar refractivity (Wildman–Crippen MR) is 92.6 cm³/mol. The fourth-order valence-corrected chi connectivity index (χ4v) is 2.95. The lowest BCUT2D eigenvalue weighted by atomic mass is 10.0. The summed E-state index contributed by atoms with van der Waals surface area (Å²) in [6.07, 6.45) is 1.01. The second-order valence-corrected chi connectivity index (χ2v) is 6.01. The highest BCUT2D eigenvalue weighted by Gasteiger charge is 2.35. The number of anilines is 2. The van der Waals surface area contributed by atoms with Crippen molar-refractivity contribution in [2.24, 2.45) is 5.92 Å². The Morgan fingerprint density at radius 2 is 1.71 bits per heavy atom. The molecule has 1 aliphatic rings. The van der Waals surface area contributed by atoms with Crippen LogP contribution in [0.15, 0.2) is 48.5 Å². The van der Waals surface area contributed by atoms with Gasteiger partial charge >= 0.3 is 5.97 Å². The highest BCUT2D eigenvalue weighted by molar-refractivity contribution is 5.99. The fraction of sp³-hybridized carbons (Fsp3) is 0.263. The van der Waals surface area contributed by atoms with E-state index in [0.717, 1.165) is 23.4 Å². The minimum absolute atomic E-state index is 0.0447. The Morgan fingerprint density at radius 1 is 1.12 bits per heavy atom.